The molecule has 1 saturated carbocycles. The zero-order chi connectivity index (χ0) is 19.1. The molecule has 2 aliphatic carbocycles. The van der Waals surface area contributed by atoms with E-state index in [0.29, 0.717) is 11.8 Å². The fourth-order valence-corrected chi connectivity index (χ4v) is 5.04. The van der Waals surface area contributed by atoms with Gasteiger partial charge in [-0.15, -0.1) is 0 Å². The topological polar surface area (TPSA) is 55.6 Å². The molecule has 148 valence electrons. The minimum absolute atomic E-state index is 0.301. The van der Waals surface area contributed by atoms with Gasteiger partial charge in [0.1, 0.15) is 11.5 Å². The lowest BCUT2D eigenvalue weighted by atomic mass is 9.86. The van der Waals surface area contributed by atoms with Crippen molar-refractivity contribution in [1.82, 2.24) is 10.1 Å². The molecule has 1 aromatic heterocycles. The van der Waals surface area contributed by atoms with E-state index in [-0.39, 0.29) is 5.41 Å². The molecule has 1 amide bonds. The molecule has 28 heavy (non-hydrogen) atoms. The van der Waals surface area contributed by atoms with E-state index < -0.39 is 0 Å². The van der Waals surface area contributed by atoms with Crippen LogP contribution in [0.25, 0.3) is 0 Å². The van der Waals surface area contributed by atoms with Gasteiger partial charge in [-0.25, -0.2) is 0 Å². The predicted molar refractivity (Wildman–Crippen MR) is 106 cm³/mol. The standard InChI is InChI=1S/C23H28N2O3/c1-27-18-8-6-17(7-9-18)23(12-13-23)22(26)25-14-10-16(11-15-25)21-19-4-2-3-5-20(19)24-28-21/h6-9,16H,2-5,10-15H2,1H3. The molecular formula is C23H28N2O3. The summed E-state index contributed by atoms with van der Waals surface area (Å²) in [6.45, 7) is 1.63. The number of ether oxygens (including phenoxy) is 1. The number of amides is 1. The Kier molecular flexibility index (Phi) is 4.41. The molecule has 2 fully saturated rings. The molecule has 0 atom stereocenters. The Morgan fingerprint density at radius 2 is 1.86 bits per heavy atom. The smallest absolute Gasteiger partial charge is 0.233 e. The van der Waals surface area contributed by atoms with Crippen molar-refractivity contribution < 1.29 is 14.1 Å². The third kappa shape index (κ3) is 2.92. The Bertz CT molecular complexity index is 858. The molecule has 2 heterocycles. The van der Waals surface area contributed by atoms with Crippen LogP contribution in [0.2, 0.25) is 0 Å². The van der Waals surface area contributed by atoms with Gasteiger partial charge in [-0.2, -0.15) is 0 Å². The number of carbonyl (C=O) groups is 1. The van der Waals surface area contributed by atoms with Crippen LogP contribution in [0.5, 0.6) is 5.75 Å². The van der Waals surface area contributed by atoms with Gasteiger partial charge in [-0.1, -0.05) is 17.3 Å². The van der Waals surface area contributed by atoms with Crippen molar-refractivity contribution in [2.75, 3.05) is 20.2 Å². The minimum Gasteiger partial charge on any atom is -0.497 e. The van der Waals surface area contributed by atoms with Gasteiger partial charge in [0.2, 0.25) is 5.91 Å². The highest BCUT2D eigenvalue weighted by atomic mass is 16.5. The van der Waals surface area contributed by atoms with Gasteiger partial charge in [0.05, 0.1) is 18.2 Å². The lowest BCUT2D eigenvalue weighted by Crippen LogP contribution is -2.43. The van der Waals surface area contributed by atoms with E-state index >= 15 is 0 Å². The van der Waals surface area contributed by atoms with Crippen LogP contribution in [0.15, 0.2) is 28.8 Å². The number of hydrogen-bond acceptors (Lipinski definition) is 4. The number of fused-ring (bicyclic) bond motifs is 1. The van der Waals surface area contributed by atoms with Crippen molar-refractivity contribution in [3.8, 4) is 5.75 Å². The van der Waals surface area contributed by atoms with Crippen LogP contribution >= 0.6 is 0 Å². The fraction of sp³-hybridized carbons (Fsp3) is 0.565. The van der Waals surface area contributed by atoms with Gasteiger partial charge < -0.3 is 14.2 Å². The van der Waals surface area contributed by atoms with Gasteiger partial charge in [-0.3, -0.25) is 4.79 Å². The molecule has 1 saturated heterocycles. The molecule has 1 aliphatic heterocycles. The van der Waals surface area contributed by atoms with Gasteiger partial charge in [0.25, 0.3) is 0 Å². The molecule has 2 aromatic rings. The summed E-state index contributed by atoms with van der Waals surface area (Å²) in [6.07, 6.45) is 8.48. The molecule has 5 heteroatoms. The van der Waals surface area contributed by atoms with E-state index in [0.717, 1.165) is 68.7 Å². The highest BCUT2D eigenvalue weighted by molar-refractivity contribution is 5.91. The molecule has 3 aliphatic rings. The minimum atomic E-state index is -0.301. The zero-order valence-corrected chi connectivity index (χ0v) is 16.6. The van der Waals surface area contributed by atoms with Crippen molar-refractivity contribution in [1.29, 1.82) is 0 Å². The second-order valence-electron chi connectivity index (χ2n) is 8.56. The number of benzene rings is 1. The van der Waals surface area contributed by atoms with Crippen LogP contribution < -0.4 is 4.74 Å². The van der Waals surface area contributed by atoms with E-state index in [9.17, 15) is 4.79 Å². The maximum atomic E-state index is 13.3. The van der Waals surface area contributed by atoms with E-state index in [1.54, 1.807) is 7.11 Å². The number of likely N-dealkylation sites (tertiary alicyclic amines) is 1. The second kappa shape index (κ2) is 6.94. The summed E-state index contributed by atoms with van der Waals surface area (Å²) in [5, 5.41) is 4.32. The number of aromatic nitrogens is 1. The number of aryl methyl sites for hydroxylation is 1. The average Bonchev–Trinajstić information content (AvgIpc) is 3.46. The molecule has 5 nitrogen and oxygen atoms in total. The number of hydrogen-bond donors (Lipinski definition) is 0. The van der Waals surface area contributed by atoms with Gasteiger partial charge in [0.15, 0.2) is 0 Å². The quantitative estimate of drug-likeness (QED) is 0.804. The lowest BCUT2D eigenvalue weighted by Gasteiger charge is -2.34. The molecule has 1 aromatic carbocycles. The molecular weight excluding hydrogens is 352 g/mol. The summed E-state index contributed by atoms with van der Waals surface area (Å²) in [5.74, 6) is 2.66. The average molecular weight is 380 g/mol. The first-order valence-electron chi connectivity index (χ1n) is 10.6. The van der Waals surface area contributed by atoms with Crippen molar-refractivity contribution >= 4 is 5.91 Å². The third-order valence-electron chi connectivity index (χ3n) is 6.95. The summed E-state index contributed by atoms with van der Waals surface area (Å²) in [5.41, 5.74) is 3.37. The molecule has 0 N–H and O–H groups in total. The monoisotopic (exact) mass is 380 g/mol. The first-order chi connectivity index (χ1) is 13.7. The Labute approximate surface area is 166 Å². The van der Waals surface area contributed by atoms with Crippen LogP contribution in [0.3, 0.4) is 0 Å². The van der Waals surface area contributed by atoms with E-state index in [2.05, 4.69) is 22.2 Å². The number of rotatable bonds is 4. The number of methoxy groups -OCH3 is 1. The second-order valence-corrected chi connectivity index (χ2v) is 8.56. The van der Waals surface area contributed by atoms with Crippen LogP contribution in [0.1, 0.15) is 67.0 Å². The number of piperidine rings is 1. The van der Waals surface area contributed by atoms with E-state index in [4.69, 9.17) is 9.26 Å². The highest BCUT2D eigenvalue weighted by Gasteiger charge is 2.53. The predicted octanol–water partition coefficient (Wildman–Crippen LogP) is 4.00. The van der Waals surface area contributed by atoms with Crippen LogP contribution in [0.4, 0.5) is 0 Å². The van der Waals surface area contributed by atoms with Crippen molar-refractivity contribution in [3.63, 3.8) is 0 Å². The SMILES string of the molecule is COc1ccc(C2(C(=O)N3CCC(c4onc5c4CCCC5)CC3)CC2)cc1. The Hall–Kier alpha value is -2.30. The number of nitrogens with zero attached hydrogens (tertiary/aromatic N) is 2. The summed E-state index contributed by atoms with van der Waals surface area (Å²) in [4.78, 5) is 15.4. The molecule has 0 unspecified atom stereocenters. The number of carbonyl (C=O) groups excluding carboxylic acids is 1. The summed E-state index contributed by atoms with van der Waals surface area (Å²) < 4.78 is 11.0. The van der Waals surface area contributed by atoms with Gasteiger partial charge >= 0.3 is 0 Å². The zero-order valence-electron chi connectivity index (χ0n) is 16.6. The van der Waals surface area contributed by atoms with Crippen molar-refractivity contribution in [2.24, 2.45) is 0 Å². The Balaban J connectivity index is 1.26. The Morgan fingerprint density at radius 1 is 1.14 bits per heavy atom. The first-order valence-corrected chi connectivity index (χ1v) is 10.6. The first kappa shape index (κ1) is 17.8. The summed E-state index contributed by atoms with van der Waals surface area (Å²) in [6, 6.07) is 8.03. The van der Waals surface area contributed by atoms with Crippen LogP contribution in [0, 0.1) is 0 Å². The largest absolute Gasteiger partial charge is 0.497 e. The highest BCUT2D eigenvalue weighted by Crippen LogP contribution is 2.50. The van der Waals surface area contributed by atoms with E-state index in [1.165, 1.54) is 24.1 Å². The lowest BCUT2D eigenvalue weighted by molar-refractivity contribution is -0.135. The molecule has 0 bridgehead atoms. The van der Waals surface area contributed by atoms with Gasteiger partial charge in [0, 0.05) is 24.6 Å². The Morgan fingerprint density at radius 3 is 2.54 bits per heavy atom. The van der Waals surface area contributed by atoms with E-state index in [1.807, 2.05) is 12.1 Å². The van der Waals surface area contributed by atoms with Crippen LogP contribution in [-0.2, 0) is 23.1 Å². The molecule has 0 spiro atoms. The van der Waals surface area contributed by atoms with Crippen molar-refractivity contribution in [3.05, 3.63) is 46.8 Å². The molecule has 0 radical (unpaired) electrons. The normalized spacial score (nSPS) is 21.2. The summed E-state index contributed by atoms with van der Waals surface area (Å²) in [7, 11) is 1.67. The molecule has 5 rings (SSSR count). The van der Waals surface area contributed by atoms with Gasteiger partial charge in [-0.05, 0) is 69.1 Å². The maximum Gasteiger partial charge on any atom is 0.233 e. The fourth-order valence-electron chi connectivity index (χ4n) is 5.04. The maximum absolute atomic E-state index is 13.3. The third-order valence-corrected chi connectivity index (χ3v) is 6.95. The van der Waals surface area contributed by atoms with Crippen molar-refractivity contribution in [2.45, 2.75) is 62.7 Å². The summed E-state index contributed by atoms with van der Waals surface area (Å²) >= 11 is 0. The van der Waals surface area contributed by atoms with Crippen LogP contribution in [-0.4, -0.2) is 36.2 Å².